The summed E-state index contributed by atoms with van der Waals surface area (Å²) < 4.78 is 4.23. The van der Waals surface area contributed by atoms with Crippen molar-refractivity contribution in [3.8, 4) is 0 Å². The van der Waals surface area contributed by atoms with Crippen LogP contribution < -0.4 is 0 Å². The van der Waals surface area contributed by atoms with E-state index >= 15 is 0 Å². The van der Waals surface area contributed by atoms with Crippen LogP contribution in [0.1, 0.15) is 11.7 Å². The third-order valence-electron chi connectivity index (χ3n) is 2.18. The molecule has 4 nitrogen and oxygen atoms in total. The van der Waals surface area contributed by atoms with Crippen LogP contribution in [0.3, 0.4) is 0 Å². The topological polar surface area (TPSA) is 52.4 Å². The number of benzene rings is 1. The van der Waals surface area contributed by atoms with Gasteiger partial charge in [0.2, 0.25) is 3.79 Å². The van der Waals surface area contributed by atoms with Gasteiger partial charge in [-0.1, -0.05) is 34.8 Å². The van der Waals surface area contributed by atoms with Crippen LogP contribution in [0.15, 0.2) is 24.3 Å². The number of hydrogen-bond donors (Lipinski definition) is 0. The van der Waals surface area contributed by atoms with Gasteiger partial charge in [0.05, 0.1) is 4.92 Å². The third-order valence-corrected chi connectivity index (χ3v) is 3.71. The molecule has 1 aromatic carbocycles. The van der Waals surface area contributed by atoms with Gasteiger partial charge in [-0.3, -0.25) is 10.1 Å². The smallest absolute Gasteiger partial charge is 0.269 e. The van der Waals surface area contributed by atoms with E-state index in [1.54, 1.807) is 12.1 Å². The van der Waals surface area contributed by atoms with Gasteiger partial charge in [-0.25, -0.2) is 0 Å². The van der Waals surface area contributed by atoms with Crippen molar-refractivity contribution in [3.63, 3.8) is 0 Å². The van der Waals surface area contributed by atoms with Crippen molar-refractivity contribution in [2.45, 2.75) is 29.5 Å². The van der Waals surface area contributed by atoms with Gasteiger partial charge in [-0.2, -0.15) is 0 Å². The van der Waals surface area contributed by atoms with E-state index in [9.17, 15) is 10.1 Å². The van der Waals surface area contributed by atoms with Crippen molar-refractivity contribution in [1.82, 2.24) is 0 Å². The highest BCUT2D eigenvalue weighted by Gasteiger charge is 2.38. The van der Waals surface area contributed by atoms with E-state index in [2.05, 4.69) is 0 Å². The molecule has 1 unspecified atom stereocenters. The van der Waals surface area contributed by atoms with E-state index < -0.39 is 23.1 Å². The van der Waals surface area contributed by atoms with E-state index in [4.69, 9.17) is 39.2 Å². The molecule has 1 rings (SSSR count). The maximum Gasteiger partial charge on any atom is 0.269 e. The lowest BCUT2D eigenvalue weighted by Crippen LogP contribution is -2.33. The van der Waals surface area contributed by atoms with Crippen LogP contribution in [-0.2, 0) is 4.43 Å². The van der Waals surface area contributed by atoms with Crippen LogP contribution in [-0.4, -0.2) is 17.0 Å². The molecule has 106 valence electrons. The number of nitro benzene ring substituents is 1. The lowest BCUT2D eigenvalue weighted by atomic mass is 10.1. The number of non-ortho nitro benzene ring substituents is 1. The molecule has 0 aliphatic rings. The van der Waals surface area contributed by atoms with Gasteiger partial charge in [0.15, 0.2) is 8.32 Å². The Bertz CT molecular complexity index is 454. The number of alkyl halides is 3. The molecule has 0 aromatic heterocycles. The average Bonchev–Trinajstić information content (AvgIpc) is 2.23. The van der Waals surface area contributed by atoms with Crippen molar-refractivity contribution < 1.29 is 9.35 Å². The third kappa shape index (κ3) is 5.28. The molecule has 8 heteroatoms. The van der Waals surface area contributed by atoms with Gasteiger partial charge >= 0.3 is 0 Å². The Morgan fingerprint density at radius 2 is 1.68 bits per heavy atom. The summed E-state index contributed by atoms with van der Waals surface area (Å²) >= 11 is 17.8. The van der Waals surface area contributed by atoms with Crippen LogP contribution in [0, 0.1) is 10.1 Å². The highest BCUT2D eigenvalue weighted by Crippen LogP contribution is 2.44. The molecule has 0 radical (unpaired) electrons. The summed E-state index contributed by atoms with van der Waals surface area (Å²) in [5.41, 5.74) is 0.591. The summed E-state index contributed by atoms with van der Waals surface area (Å²) in [4.78, 5) is 10.1. The molecule has 0 N–H and O–H groups in total. The fourth-order valence-electron chi connectivity index (χ4n) is 1.45. The van der Waals surface area contributed by atoms with Gasteiger partial charge in [0.25, 0.3) is 5.69 Å². The van der Waals surface area contributed by atoms with Gasteiger partial charge in [-0.15, -0.1) is 0 Å². The maximum absolute atomic E-state index is 10.6. The second kappa shape index (κ2) is 5.97. The molecule has 0 heterocycles. The molecule has 0 fully saturated rings. The van der Waals surface area contributed by atoms with Crippen molar-refractivity contribution in [2.24, 2.45) is 0 Å². The average molecular weight is 343 g/mol. The van der Waals surface area contributed by atoms with Crippen LogP contribution in [0.2, 0.25) is 19.6 Å². The quantitative estimate of drug-likeness (QED) is 0.340. The monoisotopic (exact) mass is 341 g/mol. The zero-order valence-corrected chi connectivity index (χ0v) is 14.0. The molecule has 0 aliphatic heterocycles. The van der Waals surface area contributed by atoms with Crippen molar-refractivity contribution in [1.29, 1.82) is 0 Å². The summed E-state index contributed by atoms with van der Waals surface area (Å²) in [5.74, 6) is 0. The first-order valence-electron chi connectivity index (χ1n) is 5.49. The van der Waals surface area contributed by atoms with Gasteiger partial charge in [0.1, 0.15) is 6.10 Å². The molecule has 19 heavy (non-hydrogen) atoms. The van der Waals surface area contributed by atoms with Crippen molar-refractivity contribution >= 4 is 48.8 Å². The highest BCUT2D eigenvalue weighted by molar-refractivity contribution is 6.71. The van der Waals surface area contributed by atoms with E-state index in [1.165, 1.54) is 12.1 Å². The molecule has 0 saturated heterocycles. The van der Waals surface area contributed by atoms with Crippen LogP contribution in [0.5, 0.6) is 0 Å². The number of hydrogen-bond acceptors (Lipinski definition) is 3. The standard InChI is InChI=1S/C11H14Cl3NO3Si/c1-19(2,3)18-10(11(12,13)14)8-4-6-9(7-5-8)15(16)17/h4-7,10H,1-3H3. The Morgan fingerprint density at radius 1 is 1.21 bits per heavy atom. The highest BCUT2D eigenvalue weighted by atomic mass is 35.6. The van der Waals surface area contributed by atoms with Crippen molar-refractivity contribution in [2.75, 3.05) is 0 Å². The predicted octanol–water partition coefficient (Wildman–Crippen LogP) is 4.86. The van der Waals surface area contributed by atoms with E-state index in [-0.39, 0.29) is 5.69 Å². The zero-order valence-electron chi connectivity index (χ0n) is 10.7. The molecular formula is C11H14Cl3NO3Si. The summed E-state index contributed by atoms with van der Waals surface area (Å²) in [6.07, 6.45) is -0.745. The van der Waals surface area contributed by atoms with Gasteiger partial charge < -0.3 is 4.43 Å². The number of nitro groups is 1. The minimum absolute atomic E-state index is 0.0141. The SMILES string of the molecule is C[Si](C)(C)OC(c1ccc([N+](=O)[O-])cc1)C(Cl)(Cl)Cl. The summed E-state index contributed by atoms with van der Waals surface area (Å²) in [6.45, 7) is 5.92. The van der Waals surface area contributed by atoms with Crippen LogP contribution in [0.25, 0.3) is 0 Å². The minimum atomic E-state index is -1.94. The Labute approximate surface area is 127 Å². The first-order chi connectivity index (χ1) is 8.50. The van der Waals surface area contributed by atoms with E-state index in [1.807, 2.05) is 19.6 Å². The molecule has 0 bridgehead atoms. The Kier molecular flexibility index (Phi) is 5.26. The molecular weight excluding hydrogens is 329 g/mol. The molecule has 0 amide bonds. The van der Waals surface area contributed by atoms with E-state index in [0.717, 1.165) is 0 Å². The second-order valence-corrected chi connectivity index (χ2v) is 11.8. The minimum Gasteiger partial charge on any atom is -0.406 e. The first kappa shape index (κ1) is 16.7. The molecule has 0 saturated carbocycles. The van der Waals surface area contributed by atoms with Crippen molar-refractivity contribution in [3.05, 3.63) is 39.9 Å². The first-order valence-corrected chi connectivity index (χ1v) is 10.0. The largest absolute Gasteiger partial charge is 0.406 e. The lowest BCUT2D eigenvalue weighted by Gasteiger charge is -2.31. The van der Waals surface area contributed by atoms with Gasteiger partial charge in [-0.05, 0) is 37.3 Å². The zero-order chi connectivity index (χ0) is 14.8. The molecule has 0 spiro atoms. The number of rotatable bonds is 4. The fourth-order valence-corrected chi connectivity index (χ4v) is 3.20. The molecule has 1 aromatic rings. The number of nitrogens with zero attached hydrogens (tertiary/aromatic N) is 1. The Hall–Kier alpha value is -0.333. The number of halogens is 3. The molecule has 0 aliphatic carbocycles. The maximum atomic E-state index is 10.6. The second-order valence-electron chi connectivity index (χ2n) is 5.00. The Morgan fingerprint density at radius 3 is 2.00 bits per heavy atom. The van der Waals surface area contributed by atoms with Crippen LogP contribution >= 0.6 is 34.8 Å². The van der Waals surface area contributed by atoms with Crippen LogP contribution in [0.4, 0.5) is 5.69 Å². The summed E-state index contributed by atoms with van der Waals surface area (Å²) in [5, 5.41) is 10.6. The summed E-state index contributed by atoms with van der Waals surface area (Å²) in [7, 11) is -1.94. The fraction of sp³-hybridized carbons (Fsp3) is 0.455. The normalized spacial score (nSPS) is 14.2. The van der Waals surface area contributed by atoms with E-state index in [0.29, 0.717) is 5.56 Å². The van der Waals surface area contributed by atoms with Gasteiger partial charge in [0, 0.05) is 12.1 Å². The summed E-state index contributed by atoms with van der Waals surface area (Å²) in [6, 6.07) is 5.83. The predicted molar refractivity (Wildman–Crippen MR) is 80.6 cm³/mol. The molecule has 1 atom stereocenters. The lowest BCUT2D eigenvalue weighted by molar-refractivity contribution is -0.384. The Balaban J connectivity index is 3.08.